The summed E-state index contributed by atoms with van der Waals surface area (Å²) in [6, 6.07) is 7.19. The van der Waals surface area contributed by atoms with Crippen LogP contribution in [0.3, 0.4) is 0 Å². The molecule has 1 heterocycles. The van der Waals surface area contributed by atoms with Gasteiger partial charge in [0.25, 0.3) is 0 Å². The highest BCUT2D eigenvalue weighted by Gasteiger charge is 2.11. The molecule has 2 rings (SSSR count). The molecule has 0 aliphatic heterocycles. The van der Waals surface area contributed by atoms with E-state index < -0.39 is 0 Å². The molecule has 1 unspecified atom stereocenters. The zero-order valence-corrected chi connectivity index (χ0v) is 12.7. The van der Waals surface area contributed by atoms with Crippen molar-refractivity contribution >= 4 is 0 Å². The number of pyridine rings is 1. The van der Waals surface area contributed by atoms with Gasteiger partial charge in [0.05, 0.1) is 0 Å². The molecule has 0 aliphatic carbocycles. The molecule has 0 bridgehead atoms. The van der Waals surface area contributed by atoms with Crippen molar-refractivity contribution in [1.82, 2.24) is 4.98 Å². The maximum Gasteiger partial charge on any atom is 0.222 e. The smallest absolute Gasteiger partial charge is 0.222 e. The first-order valence-electron chi connectivity index (χ1n) is 7.15. The number of rotatable bonds is 5. The van der Waals surface area contributed by atoms with E-state index in [0.29, 0.717) is 11.4 Å². The van der Waals surface area contributed by atoms with Crippen LogP contribution in [0, 0.1) is 19.7 Å². The SMILES string of the molecule is CCC(N)Cc1cnc(Oc2cccc(C)c2F)c(C)c1. The van der Waals surface area contributed by atoms with Gasteiger partial charge in [-0.15, -0.1) is 0 Å². The minimum Gasteiger partial charge on any atom is -0.436 e. The first-order chi connectivity index (χ1) is 10.0. The third-order valence-electron chi connectivity index (χ3n) is 3.47. The van der Waals surface area contributed by atoms with Crippen LogP contribution < -0.4 is 10.5 Å². The van der Waals surface area contributed by atoms with Crippen LogP contribution in [-0.2, 0) is 6.42 Å². The molecule has 0 aliphatic rings. The van der Waals surface area contributed by atoms with Gasteiger partial charge in [0.15, 0.2) is 11.6 Å². The zero-order chi connectivity index (χ0) is 15.4. The van der Waals surface area contributed by atoms with Crippen molar-refractivity contribution < 1.29 is 9.13 Å². The number of nitrogens with two attached hydrogens (primary N) is 1. The van der Waals surface area contributed by atoms with Gasteiger partial charge in [-0.05, 0) is 49.9 Å². The van der Waals surface area contributed by atoms with Crippen molar-refractivity contribution in [3.63, 3.8) is 0 Å². The number of hydrogen-bond donors (Lipinski definition) is 1. The number of halogens is 1. The summed E-state index contributed by atoms with van der Waals surface area (Å²) in [5, 5.41) is 0. The minimum atomic E-state index is -0.351. The fraction of sp³-hybridized carbons (Fsp3) is 0.353. The molecule has 0 saturated heterocycles. The topological polar surface area (TPSA) is 48.1 Å². The van der Waals surface area contributed by atoms with Gasteiger partial charge >= 0.3 is 0 Å². The zero-order valence-electron chi connectivity index (χ0n) is 12.7. The van der Waals surface area contributed by atoms with E-state index >= 15 is 0 Å². The Bertz CT molecular complexity index is 628. The van der Waals surface area contributed by atoms with E-state index in [9.17, 15) is 4.39 Å². The summed E-state index contributed by atoms with van der Waals surface area (Å²) in [5.74, 6) is 0.271. The van der Waals surface area contributed by atoms with Gasteiger partial charge in [0.1, 0.15) is 0 Å². The molecule has 0 saturated carbocycles. The van der Waals surface area contributed by atoms with Crippen LogP contribution in [0.1, 0.15) is 30.0 Å². The number of aromatic nitrogens is 1. The van der Waals surface area contributed by atoms with E-state index in [-0.39, 0.29) is 17.6 Å². The summed E-state index contributed by atoms with van der Waals surface area (Å²) in [5.41, 5.74) is 8.44. The highest BCUT2D eigenvalue weighted by atomic mass is 19.1. The lowest BCUT2D eigenvalue weighted by Crippen LogP contribution is -2.21. The third kappa shape index (κ3) is 3.79. The molecule has 2 aromatic rings. The molecular formula is C17H21FN2O. The van der Waals surface area contributed by atoms with E-state index in [2.05, 4.69) is 11.9 Å². The number of benzene rings is 1. The van der Waals surface area contributed by atoms with Crippen molar-refractivity contribution in [3.8, 4) is 11.6 Å². The summed E-state index contributed by atoms with van der Waals surface area (Å²) in [6.45, 7) is 5.66. The summed E-state index contributed by atoms with van der Waals surface area (Å²) in [7, 11) is 0. The quantitative estimate of drug-likeness (QED) is 0.907. The molecule has 0 amide bonds. The monoisotopic (exact) mass is 288 g/mol. The molecule has 0 spiro atoms. The van der Waals surface area contributed by atoms with Gasteiger partial charge in [-0.3, -0.25) is 0 Å². The van der Waals surface area contributed by atoms with Crippen molar-refractivity contribution in [2.24, 2.45) is 5.73 Å². The lowest BCUT2D eigenvalue weighted by atomic mass is 10.1. The maximum atomic E-state index is 13.9. The van der Waals surface area contributed by atoms with Crippen molar-refractivity contribution in [1.29, 1.82) is 0 Å². The Hall–Kier alpha value is -1.94. The molecule has 3 nitrogen and oxygen atoms in total. The normalized spacial score (nSPS) is 12.2. The summed E-state index contributed by atoms with van der Waals surface area (Å²) in [6.07, 6.45) is 3.45. The molecule has 112 valence electrons. The Labute approximate surface area is 125 Å². The second-order valence-corrected chi connectivity index (χ2v) is 5.33. The Kier molecular flexibility index (Phi) is 4.91. The van der Waals surface area contributed by atoms with Crippen molar-refractivity contribution in [2.75, 3.05) is 0 Å². The lowest BCUT2D eigenvalue weighted by Gasteiger charge is -2.12. The van der Waals surface area contributed by atoms with E-state index in [0.717, 1.165) is 24.0 Å². The molecule has 1 aromatic heterocycles. The van der Waals surface area contributed by atoms with Crippen LogP contribution in [0.15, 0.2) is 30.5 Å². The van der Waals surface area contributed by atoms with Gasteiger partial charge in [-0.1, -0.05) is 19.1 Å². The Balaban J connectivity index is 2.19. The molecule has 0 radical (unpaired) electrons. The Morgan fingerprint density at radius 2 is 2.05 bits per heavy atom. The number of nitrogens with zero attached hydrogens (tertiary/aromatic N) is 1. The van der Waals surface area contributed by atoms with E-state index in [1.807, 2.05) is 13.0 Å². The second kappa shape index (κ2) is 6.68. The highest BCUT2D eigenvalue weighted by Crippen LogP contribution is 2.27. The van der Waals surface area contributed by atoms with Crippen LogP contribution in [0.4, 0.5) is 4.39 Å². The first kappa shape index (κ1) is 15.4. The summed E-state index contributed by atoms with van der Waals surface area (Å²) >= 11 is 0. The average molecular weight is 288 g/mol. The van der Waals surface area contributed by atoms with E-state index in [4.69, 9.17) is 10.5 Å². The van der Waals surface area contributed by atoms with Gasteiger partial charge in [-0.2, -0.15) is 0 Å². The summed E-state index contributed by atoms with van der Waals surface area (Å²) < 4.78 is 19.5. The maximum absolute atomic E-state index is 13.9. The van der Waals surface area contributed by atoms with Gasteiger partial charge in [0, 0.05) is 17.8 Å². The van der Waals surface area contributed by atoms with E-state index in [1.165, 1.54) is 0 Å². The predicted molar refractivity (Wildman–Crippen MR) is 82.2 cm³/mol. The van der Waals surface area contributed by atoms with Crippen LogP contribution in [0.2, 0.25) is 0 Å². The van der Waals surface area contributed by atoms with Gasteiger partial charge < -0.3 is 10.5 Å². The van der Waals surface area contributed by atoms with Gasteiger partial charge in [-0.25, -0.2) is 9.37 Å². The predicted octanol–water partition coefficient (Wildman–Crippen LogP) is 3.91. The molecule has 1 aromatic carbocycles. The first-order valence-corrected chi connectivity index (χ1v) is 7.15. The highest BCUT2D eigenvalue weighted by molar-refractivity contribution is 5.36. The van der Waals surface area contributed by atoms with Gasteiger partial charge in [0.2, 0.25) is 5.88 Å². The number of aryl methyl sites for hydroxylation is 2. The largest absolute Gasteiger partial charge is 0.436 e. The second-order valence-electron chi connectivity index (χ2n) is 5.33. The summed E-state index contributed by atoms with van der Waals surface area (Å²) in [4.78, 5) is 4.29. The molecule has 21 heavy (non-hydrogen) atoms. The lowest BCUT2D eigenvalue weighted by molar-refractivity contribution is 0.422. The molecular weight excluding hydrogens is 267 g/mol. The number of hydrogen-bond acceptors (Lipinski definition) is 3. The Morgan fingerprint density at radius 1 is 1.29 bits per heavy atom. The van der Waals surface area contributed by atoms with Crippen LogP contribution in [0.5, 0.6) is 11.6 Å². The molecule has 0 fully saturated rings. The fourth-order valence-electron chi connectivity index (χ4n) is 2.09. The molecule has 1 atom stereocenters. The van der Waals surface area contributed by atoms with E-state index in [1.54, 1.807) is 31.3 Å². The fourth-order valence-corrected chi connectivity index (χ4v) is 2.09. The van der Waals surface area contributed by atoms with Crippen LogP contribution in [0.25, 0.3) is 0 Å². The molecule has 2 N–H and O–H groups in total. The average Bonchev–Trinajstić information content (AvgIpc) is 2.46. The van der Waals surface area contributed by atoms with Crippen LogP contribution >= 0.6 is 0 Å². The van der Waals surface area contributed by atoms with Crippen molar-refractivity contribution in [2.45, 2.75) is 39.7 Å². The minimum absolute atomic E-state index is 0.132. The Morgan fingerprint density at radius 3 is 2.71 bits per heavy atom. The van der Waals surface area contributed by atoms with Crippen molar-refractivity contribution in [3.05, 3.63) is 53.0 Å². The number of ether oxygens (including phenoxy) is 1. The van der Waals surface area contributed by atoms with Crippen LogP contribution in [-0.4, -0.2) is 11.0 Å². The third-order valence-corrected chi connectivity index (χ3v) is 3.47. The standard InChI is InChI=1S/C17H21FN2O/c1-4-14(19)9-13-8-12(3)17(20-10-13)21-15-7-5-6-11(2)16(15)18/h5-8,10,14H,4,9,19H2,1-3H3. The molecule has 4 heteroatoms.